The fourth-order valence-electron chi connectivity index (χ4n) is 4.97. The van der Waals surface area contributed by atoms with E-state index < -0.39 is 11.7 Å². The fraction of sp³-hybridized carbons (Fsp3) is 0.583. The first-order valence-electron chi connectivity index (χ1n) is 11.1. The van der Waals surface area contributed by atoms with E-state index in [9.17, 15) is 13.2 Å². The number of ether oxygens (including phenoxy) is 1. The first kappa shape index (κ1) is 22.4. The van der Waals surface area contributed by atoms with Gasteiger partial charge in [-0.25, -0.2) is 0 Å². The van der Waals surface area contributed by atoms with Crippen molar-refractivity contribution in [1.82, 2.24) is 5.32 Å². The summed E-state index contributed by atoms with van der Waals surface area (Å²) in [6.07, 6.45) is 6.36. The second-order valence-electron chi connectivity index (χ2n) is 9.72. The third kappa shape index (κ3) is 5.16. The van der Waals surface area contributed by atoms with Crippen LogP contribution < -0.4 is 16.4 Å². The van der Waals surface area contributed by atoms with Crippen molar-refractivity contribution in [2.45, 2.75) is 63.1 Å². The summed E-state index contributed by atoms with van der Waals surface area (Å²) in [5.41, 5.74) is 6.47. The van der Waals surface area contributed by atoms with Crippen LogP contribution in [-0.4, -0.2) is 30.8 Å². The number of anilines is 1. The Bertz CT molecular complexity index is 843. The van der Waals surface area contributed by atoms with E-state index >= 15 is 0 Å². The van der Waals surface area contributed by atoms with Crippen LogP contribution in [0.5, 0.6) is 0 Å². The number of allylic oxidation sites excluding steroid dienone is 3. The van der Waals surface area contributed by atoms with Crippen LogP contribution in [0.3, 0.4) is 0 Å². The summed E-state index contributed by atoms with van der Waals surface area (Å²) < 4.78 is 46.7. The molecule has 4 nitrogen and oxygen atoms in total. The number of hydrogen-bond donors (Lipinski definition) is 3. The summed E-state index contributed by atoms with van der Waals surface area (Å²) in [6.45, 7) is 5.20. The second kappa shape index (κ2) is 8.60. The SMILES string of the molecule is CC(C)(N)CNC[C@H]1CC[C@@H]2[C@H](O1)c1cc(C(F)(F)F)ccc1N[C@H]2C1C=CC=CC1. The molecule has 1 fully saturated rings. The average Bonchev–Trinajstić information content (AvgIpc) is 2.72. The number of fused-ring (bicyclic) bond motifs is 3. The highest BCUT2D eigenvalue weighted by Gasteiger charge is 2.44. The molecule has 170 valence electrons. The lowest BCUT2D eigenvalue weighted by Gasteiger charge is -2.48. The van der Waals surface area contributed by atoms with Crippen LogP contribution in [-0.2, 0) is 10.9 Å². The Balaban J connectivity index is 1.59. The van der Waals surface area contributed by atoms with Crippen molar-refractivity contribution in [3.8, 4) is 0 Å². The zero-order chi connectivity index (χ0) is 22.2. The summed E-state index contributed by atoms with van der Waals surface area (Å²) in [4.78, 5) is 0. The van der Waals surface area contributed by atoms with Crippen LogP contribution in [0.25, 0.3) is 0 Å². The smallest absolute Gasteiger partial charge is 0.381 e. The van der Waals surface area contributed by atoms with Gasteiger partial charge in [-0.2, -0.15) is 13.2 Å². The van der Waals surface area contributed by atoms with Crippen LogP contribution in [0, 0.1) is 11.8 Å². The maximum absolute atomic E-state index is 13.4. The number of nitrogens with one attached hydrogen (secondary N) is 2. The number of rotatable bonds is 5. The van der Waals surface area contributed by atoms with Crippen LogP contribution in [0.2, 0.25) is 0 Å². The first-order chi connectivity index (χ1) is 14.6. The molecule has 7 heteroatoms. The van der Waals surface area contributed by atoms with Gasteiger partial charge >= 0.3 is 6.18 Å². The Morgan fingerprint density at radius 1 is 1.19 bits per heavy atom. The van der Waals surface area contributed by atoms with E-state index in [0.29, 0.717) is 24.6 Å². The predicted octanol–water partition coefficient (Wildman–Crippen LogP) is 4.80. The molecule has 2 heterocycles. The van der Waals surface area contributed by atoms with Gasteiger partial charge in [-0.3, -0.25) is 0 Å². The molecule has 0 radical (unpaired) electrons. The van der Waals surface area contributed by atoms with Crippen LogP contribution in [0.15, 0.2) is 42.5 Å². The molecule has 0 aromatic heterocycles. The molecule has 0 saturated carbocycles. The number of nitrogens with two attached hydrogens (primary N) is 1. The van der Waals surface area contributed by atoms with E-state index in [1.807, 2.05) is 19.9 Å². The van der Waals surface area contributed by atoms with Crippen LogP contribution in [0.1, 0.15) is 50.3 Å². The van der Waals surface area contributed by atoms with Gasteiger partial charge in [0.1, 0.15) is 0 Å². The van der Waals surface area contributed by atoms with Crippen molar-refractivity contribution in [2.24, 2.45) is 17.6 Å². The van der Waals surface area contributed by atoms with Gasteiger partial charge < -0.3 is 21.1 Å². The van der Waals surface area contributed by atoms with Crippen molar-refractivity contribution in [2.75, 3.05) is 18.4 Å². The van der Waals surface area contributed by atoms with Gasteiger partial charge in [0, 0.05) is 47.8 Å². The maximum Gasteiger partial charge on any atom is 0.416 e. The molecule has 1 unspecified atom stereocenters. The maximum atomic E-state index is 13.4. The van der Waals surface area contributed by atoms with E-state index in [2.05, 4.69) is 28.9 Å². The second-order valence-corrected chi connectivity index (χ2v) is 9.72. The number of halogens is 3. The Morgan fingerprint density at radius 3 is 2.68 bits per heavy atom. The van der Waals surface area contributed by atoms with Gasteiger partial charge in [0.2, 0.25) is 0 Å². The average molecular weight is 436 g/mol. The molecular weight excluding hydrogens is 403 g/mol. The van der Waals surface area contributed by atoms with Crippen molar-refractivity contribution in [3.05, 3.63) is 53.6 Å². The molecule has 31 heavy (non-hydrogen) atoms. The standard InChI is InChI=1S/C24H32F3N3O/c1-23(2,28)14-29-13-17-9-10-18-21(15-6-4-3-5-7-15)30-20-11-8-16(24(25,26)27)12-19(20)22(18)31-17/h3-6,8,11-12,15,17-18,21-22,29-30H,7,9-10,13-14,28H2,1-2H3/t15?,17-,18+,21+,22+/m1/s1. The van der Waals surface area contributed by atoms with E-state index in [4.69, 9.17) is 10.5 Å². The molecule has 1 aliphatic carbocycles. The summed E-state index contributed by atoms with van der Waals surface area (Å²) in [7, 11) is 0. The van der Waals surface area contributed by atoms with E-state index in [-0.39, 0.29) is 29.7 Å². The van der Waals surface area contributed by atoms with Crippen molar-refractivity contribution in [3.63, 3.8) is 0 Å². The van der Waals surface area contributed by atoms with Gasteiger partial charge in [0.05, 0.1) is 17.8 Å². The van der Waals surface area contributed by atoms with Crippen LogP contribution in [0.4, 0.5) is 18.9 Å². The normalized spacial score (nSPS) is 30.5. The Kier molecular flexibility index (Phi) is 6.21. The molecule has 4 N–H and O–H groups in total. The molecule has 1 saturated heterocycles. The highest BCUT2D eigenvalue weighted by molar-refractivity contribution is 5.58. The highest BCUT2D eigenvalue weighted by Crippen LogP contribution is 2.49. The molecule has 3 aliphatic rings. The summed E-state index contributed by atoms with van der Waals surface area (Å²) >= 11 is 0. The summed E-state index contributed by atoms with van der Waals surface area (Å²) in [5, 5.41) is 6.92. The molecule has 5 atom stereocenters. The number of benzene rings is 1. The highest BCUT2D eigenvalue weighted by atomic mass is 19.4. The van der Waals surface area contributed by atoms with Gasteiger partial charge in [-0.05, 0) is 51.3 Å². The predicted molar refractivity (Wildman–Crippen MR) is 117 cm³/mol. The van der Waals surface area contributed by atoms with Gasteiger partial charge in [0.15, 0.2) is 0 Å². The Morgan fingerprint density at radius 2 is 2.00 bits per heavy atom. The molecular formula is C24H32F3N3O. The molecule has 1 aromatic carbocycles. The zero-order valence-electron chi connectivity index (χ0n) is 18.1. The molecule has 0 amide bonds. The summed E-state index contributed by atoms with van der Waals surface area (Å²) in [5.74, 6) is 0.420. The lowest BCUT2D eigenvalue weighted by molar-refractivity contribution is -0.138. The lowest BCUT2D eigenvalue weighted by atomic mass is 9.73. The van der Waals surface area contributed by atoms with E-state index in [1.54, 1.807) is 6.07 Å². The number of alkyl halides is 3. The van der Waals surface area contributed by atoms with Crippen LogP contribution >= 0.6 is 0 Å². The first-order valence-corrected chi connectivity index (χ1v) is 11.1. The molecule has 2 aliphatic heterocycles. The minimum atomic E-state index is -4.37. The molecule has 0 spiro atoms. The Labute approximate surface area is 182 Å². The Hall–Kier alpha value is -1.83. The number of hydrogen-bond acceptors (Lipinski definition) is 4. The van der Waals surface area contributed by atoms with Crippen molar-refractivity contribution in [1.29, 1.82) is 0 Å². The lowest BCUT2D eigenvalue weighted by Crippen LogP contribution is -2.49. The fourth-order valence-corrected chi connectivity index (χ4v) is 4.97. The summed E-state index contributed by atoms with van der Waals surface area (Å²) in [6, 6.07) is 4.12. The monoisotopic (exact) mass is 435 g/mol. The zero-order valence-corrected chi connectivity index (χ0v) is 18.1. The molecule has 1 aromatic rings. The third-order valence-corrected chi connectivity index (χ3v) is 6.45. The topological polar surface area (TPSA) is 59.3 Å². The third-order valence-electron chi connectivity index (χ3n) is 6.45. The van der Waals surface area contributed by atoms with E-state index in [0.717, 1.165) is 31.0 Å². The largest absolute Gasteiger partial charge is 0.416 e. The molecule has 0 bridgehead atoms. The minimum absolute atomic E-state index is 0.0495. The van der Waals surface area contributed by atoms with Gasteiger partial charge in [-0.1, -0.05) is 24.3 Å². The molecule has 4 rings (SSSR count). The quantitative estimate of drug-likeness (QED) is 0.622. The van der Waals surface area contributed by atoms with Crippen molar-refractivity contribution < 1.29 is 17.9 Å². The van der Waals surface area contributed by atoms with Crippen molar-refractivity contribution >= 4 is 5.69 Å². The van der Waals surface area contributed by atoms with Gasteiger partial charge in [0.25, 0.3) is 0 Å². The van der Waals surface area contributed by atoms with Gasteiger partial charge in [-0.15, -0.1) is 0 Å². The minimum Gasteiger partial charge on any atom is -0.381 e. The van der Waals surface area contributed by atoms with E-state index in [1.165, 1.54) is 6.07 Å².